The Morgan fingerprint density at radius 1 is 1.06 bits per heavy atom. The fourth-order valence-electron chi connectivity index (χ4n) is 5.18. The summed E-state index contributed by atoms with van der Waals surface area (Å²) in [6.07, 6.45) is 7.30. The summed E-state index contributed by atoms with van der Waals surface area (Å²) >= 11 is 0. The average Bonchev–Trinajstić information content (AvgIpc) is 2.90. The Hall–Kier alpha value is -3.52. The third-order valence-electron chi connectivity index (χ3n) is 7.08. The molecule has 3 aromatic carbocycles. The summed E-state index contributed by atoms with van der Waals surface area (Å²) in [5.74, 6) is 0.255. The fourth-order valence-corrected chi connectivity index (χ4v) is 5.18. The second-order valence-corrected chi connectivity index (χ2v) is 9.58. The summed E-state index contributed by atoms with van der Waals surface area (Å²) in [6, 6.07) is 22.8. The van der Waals surface area contributed by atoms with Gasteiger partial charge in [-0.25, -0.2) is 0 Å². The van der Waals surface area contributed by atoms with Crippen LogP contribution in [0.1, 0.15) is 59.6 Å². The van der Waals surface area contributed by atoms with Gasteiger partial charge in [0.25, 0.3) is 0 Å². The standard InChI is InChI=1S/C32H34N2O2/c1-23-18-28(21-34-17-8-7-14-32(34)24(2)35)29(22-36-3)19-27(23)16-15-26-12-9-13-30(31(26)20-33)25-10-5-4-6-11-25/h4-6,9-13,15-16,18-19,32H,7-8,14,17,21-22H2,1-3H3/b16-15+/t32-/m0/s1. The van der Waals surface area contributed by atoms with Crippen LogP contribution in [0.5, 0.6) is 0 Å². The van der Waals surface area contributed by atoms with Crippen molar-refractivity contribution in [1.82, 2.24) is 4.90 Å². The molecule has 0 radical (unpaired) electrons. The maximum absolute atomic E-state index is 12.2. The SMILES string of the molecule is COCc1cc(/C=C/c2cccc(-c3ccccc3)c2C#N)c(C)cc1CN1CCCC[C@H]1C(C)=O. The van der Waals surface area contributed by atoms with Crippen molar-refractivity contribution in [1.29, 1.82) is 5.26 Å². The molecule has 1 aliphatic rings. The van der Waals surface area contributed by atoms with E-state index < -0.39 is 0 Å². The Labute approximate surface area is 214 Å². The molecule has 1 heterocycles. The van der Waals surface area contributed by atoms with E-state index in [9.17, 15) is 10.1 Å². The summed E-state index contributed by atoms with van der Waals surface area (Å²) in [7, 11) is 1.71. The van der Waals surface area contributed by atoms with Crippen molar-refractivity contribution in [3.8, 4) is 17.2 Å². The quantitative estimate of drug-likeness (QED) is 0.334. The van der Waals surface area contributed by atoms with E-state index in [2.05, 4.69) is 36.1 Å². The average molecular weight is 479 g/mol. The molecule has 0 N–H and O–H groups in total. The second kappa shape index (κ2) is 11.9. The predicted octanol–water partition coefficient (Wildman–Crippen LogP) is 6.79. The van der Waals surface area contributed by atoms with Crippen molar-refractivity contribution in [3.63, 3.8) is 0 Å². The number of likely N-dealkylation sites (tertiary alicyclic amines) is 1. The highest BCUT2D eigenvalue weighted by molar-refractivity contribution is 5.82. The zero-order chi connectivity index (χ0) is 25.5. The van der Waals surface area contributed by atoms with E-state index in [1.165, 1.54) is 5.56 Å². The molecule has 4 heteroatoms. The molecule has 4 rings (SSSR count). The Kier molecular flexibility index (Phi) is 8.48. The Balaban J connectivity index is 1.65. The van der Waals surface area contributed by atoms with Gasteiger partial charge in [0.05, 0.1) is 18.2 Å². The number of rotatable bonds is 8. The maximum Gasteiger partial charge on any atom is 0.146 e. The summed E-state index contributed by atoms with van der Waals surface area (Å²) in [4.78, 5) is 14.5. The second-order valence-electron chi connectivity index (χ2n) is 9.58. The maximum atomic E-state index is 12.2. The molecule has 3 aromatic rings. The smallest absolute Gasteiger partial charge is 0.146 e. The van der Waals surface area contributed by atoms with Gasteiger partial charge in [-0.05, 0) is 72.7 Å². The molecule has 1 fully saturated rings. The van der Waals surface area contributed by atoms with E-state index in [1.807, 2.05) is 54.6 Å². The first kappa shape index (κ1) is 25.6. The highest BCUT2D eigenvalue weighted by Gasteiger charge is 2.26. The van der Waals surface area contributed by atoms with Crippen LogP contribution in [0, 0.1) is 18.3 Å². The number of ether oxygens (including phenoxy) is 1. The van der Waals surface area contributed by atoms with Crippen LogP contribution < -0.4 is 0 Å². The summed E-state index contributed by atoms with van der Waals surface area (Å²) in [5.41, 5.74) is 8.15. The van der Waals surface area contributed by atoms with Crippen molar-refractivity contribution in [3.05, 3.63) is 94.0 Å². The summed E-state index contributed by atoms with van der Waals surface area (Å²) < 4.78 is 5.54. The molecule has 0 bridgehead atoms. The number of Topliss-reactive ketones (excluding diaryl/α,β-unsaturated/α-hetero) is 1. The highest BCUT2D eigenvalue weighted by atomic mass is 16.5. The van der Waals surface area contributed by atoms with Gasteiger partial charge >= 0.3 is 0 Å². The fraction of sp³-hybridized carbons (Fsp3) is 0.312. The first-order valence-corrected chi connectivity index (χ1v) is 12.6. The summed E-state index contributed by atoms with van der Waals surface area (Å²) in [6.45, 7) is 6.05. The number of ketones is 1. The zero-order valence-corrected chi connectivity index (χ0v) is 21.5. The lowest BCUT2D eigenvalue weighted by Gasteiger charge is -2.34. The van der Waals surface area contributed by atoms with Gasteiger partial charge in [-0.1, -0.05) is 73.2 Å². The molecule has 1 atom stereocenters. The molecule has 0 saturated carbocycles. The molecule has 0 aromatic heterocycles. The Bertz CT molecular complexity index is 1290. The van der Waals surface area contributed by atoms with Crippen LogP contribution in [-0.2, 0) is 22.7 Å². The van der Waals surface area contributed by atoms with Crippen LogP contribution >= 0.6 is 0 Å². The first-order chi connectivity index (χ1) is 17.5. The first-order valence-electron chi connectivity index (χ1n) is 12.6. The van der Waals surface area contributed by atoms with Gasteiger partial charge in [-0.3, -0.25) is 9.69 Å². The van der Waals surface area contributed by atoms with Gasteiger partial charge in [-0.15, -0.1) is 0 Å². The van der Waals surface area contributed by atoms with Crippen molar-refractivity contribution in [2.24, 2.45) is 0 Å². The molecule has 1 aliphatic heterocycles. The van der Waals surface area contributed by atoms with Crippen LogP contribution in [0.25, 0.3) is 23.3 Å². The predicted molar refractivity (Wildman–Crippen MR) is 146 cm³/mol. The molecular formula is C32H34N2O2. The Morgan fingerprint density at radius 2 is 1.83 bits per heavy atom. The van der Waals surface area contributed by atoms with Crippen molar-refractivity contribution >= 4 is 17.9 Å². The van der Waals surface area contributed by atoms with Crippen LogP contribution in [0.4, 0.5) is 0 Å². The number of carbonyl (C=O) groups excluding carboxylic acids is 1. The third kappa shape index (κ3) is 5.82. The van der Waals surface area contributed by atoms with Gasteiger partial charge in [0.2, 0.25) is 0 Å². The van der Waals surface area contributed by atoms with Gasteiger partial charge in [0, 0.05) is 19.2 Å². The van der Waals surface area contributed by atoms with E-state index >= 15 is 0 Å². The molecule has 0 aliphatic carbocycles. The number of carbonyl (C=O) groups is 1. The largest absolute Gasteiger partial charge is 0.380 e. The molecule has 1 saturated heterocycles. The number of piperidine rings is 1. The lowest BCUT2D eigenvalue weighted by atomic mass is 9.93. The molecule has 184 valence electrons. The number of methoxy groups -OCH3 is 1. The van der Waals surface area contributed by atoms with E-state index in [1.54, 1.807) is 14.0 Å². The lowest BCUT2D eigenvalue weighted by molar-refractivity contribution is -0.123. The molecule has 0 unspecified atom stereocenters. The molecule has 0 spiro atoms. The molecular weight excluding hydrogens is 444 g/mol. The van der Waals surface area contributed by atoms with E-state index in [0.717, 1.165) is 65.7 Å². The number of benzene rings is 3. The summed E-state index contributed by atoms with van der Waals surface area (Å²) in [5, 5.41) is 9.95. The minimum atomic E-state index is 0.00955. The van der Waals surface area contributed by atoms with Crippen molar-refractivity contribution in [2.45, 2.75) is 52.3 Å². The lowest BCUT2D eigenvalue weighted by Crippen LogP contribution is -2.43. The van der Waals surface area contributed by atoms with E-state index in [4.69, 9.17) is 4.74 Å². The van der Waals surface area contributed by atoms with Crippen LogP contribution in [-0.4, -0.2) is 30.4 Å². The monoisotopic (exact) mass is 478 g/mol. The number of nitrogens with zero attached hydrogens (tertiary/aromatic N) is 2. The van der Waals surface area contributed by atoms with Gasteiger partial charge in [0.15, 0.2) is 0 Å². The zero-order valence-electron chi connectivity index (χ0n) is 21.5. The van der Waals surface area contributed by atoms with Crippen molar-refractivity contribution in [2.75, 3.05) is 13.7 Å². The molecule has 0 amide bonds. The Morgan fingerprint density at radius 3 is 2.56 bits per heavy atom. The minimum absolute atomic E-state index is 0.00955. The molecule has 4 nitrogen and oxygen atoms in total. The number of hydrogen-bond acceptors (Lipinski definition) is 4. The normalized spacial score (nSPS) is 16.2. The number of aryl methyl sites for hydroxylation is 1. The van der Waals surface area contributed by atoms with E-state index in [0.29, 0.717) is 12.2 Å². The van der Waals surface area contributed by atoms with Crippen LogP contribution in [0.3, 0.4) is 0 Å². The minimum Gasteiger partial charge on any atom is -0.380 e. The van der Waals surface area contributed by atoms with Crippen molar-refractivity contribution < 1.29 is 9.53 Å². The van der Waals surface area contributed by atoms with E-state index in [-0.39, 0.29) is 11.8 Å². The molecule has 36 heavy (non-hydrogen) atoms. The van der Waals surface area contributed by atoms with Crippen LogP contribution in [0.2, 0.25) is 0 Å². The topological polar surface area (TPSA) is 53.3 Å². The number of hydrogen-bond donors (Lipinski definition) is 0. The van der Waals surface area contributed by atoms with Crippen LogP contribution in [0.15, 0.2) is 60.7 Å². The van der Waals surface area contributed by atoms with Gasteiger partial charge < -0.3 is 4.74 Å². The highest BCUT2D eigenvalue weighted by Crippen LogP contribution is 2.28. The van der Waals surface area contributed by atoms with Gasteiger partial charge in [0.1, 0.15) is 11.9 Å². The van der Waals surface area contributed by atoms with Gasteiger partial charge in [-0.2, -0.15) is 5.26 Å². The third-order valence-corrected chi connectivity index (χ3v) is 7.08. The number of nitriles is 1.